The third-order valence-electron chi connectivity index (χ3n) is 4.94. The van der Waals surface area contributed by atoms with Gasteiger partial charge in [0.15, 0.2) is 0 Å². The summed E-state index contributed by atoms with van der Waals surface area (Å²) in [5.41, 5.74) is 6.77. The molecular weight excluding hydrogens is 344 g/mol. The highest BCUT2D eigenvalue weighted by Gasteiger charge is 2.45. The maximum absolute atomic E-state index is 14.7. The van der Waals surface area contributed by atoms with Gasteiger partial charge in [0.1, 0.15) is 5.75 Å². The van der Waals surface area contributed by atoms with E-state index in [0.717, 1.165) is 16.7 Å². The van der Waals surface area contributed by atoms with Crippen molar-refractivity contribution in [2.75, 3.05) is 13.7 Å². The first-order valence-electron chi connectivity index (χ1n) is 8.85. The van der Waals surface area contributed by atoms with Gasteiger partial charge in [-0.15, -0.1) is 0 Å². The molecule has 0 amide bonds. The predicted molar refractivity (Wildman–Crippen MR) is 104 cm³/mol. The van der Waals surface area contributed by atoms with Crippen LogP contribution in [-0.2, 0) is 5.41 Å². The Kier molecular flexibility index (Phi) is 5.57. The van der Waals surface area contributed by atoms with Crippen molar-refractivity contribution in [3.8, 4) is 5.75 Å². The lowest BCUT2D eigenvalue weighted by atomic mass is 9.66. The van der Waals surface area contributed by atoms with Crippen molar-refractivity contribution in [2.24, 2.45) is 5.73 Å². The average Bonchev–Trinajstić information content (AvgIpc) is 2.73. The van der Waals surface area contributed by atoms with Crippen LogP contribution in [0.1, 0.15) is 23.1 Å². The monoisotopic (exact) mass is 367 g/mol. The number of ether oxygens (including phenoxy) is 1. The Hall–Kier alpha value is -2.72. The van der Waals surface area contributed by atoms with E-state index in [-0.39, 0.29) is 0 Å². The number of hydrogen-bond donors (Lipinski definition) is 1. The van der Waals surface area contributed by atoms with Gasteiger partial charge < -0.3 is 10.5 Å². The van der Waals surface area contributed by atoms with E-state index in [1.807, 2.05) is 72.8 Å². The topological polar surface area (TPSA) is 35.2 Å². The first kappa shape index (κ1) is 19.1. The van der Waals surface area contributed by atoms with Gasteiger partial charge in [0.05, 0.1) is 19.1 Å². The Morgan fingerprint density at radius 2 is 1.19 bits per heavy atom. The Morgan fingerprint density at radius 3 is 1.59 bits per heavy atom. The first-order valence-corrected chi connectivity index (χ1v) is 8.85. The second-order valence-electron chi connectivity index (χ2n) is 6.60. The van der Waals surface area contributed by atoms with Crippen LogP contribution in [0.5, 0.6) is 5.75 Å². The van der Waals surface area contributed by atoms with Gasteiger partial charge in [-0.1, -0.05) is 72.8 Å². The molecule has 27 heavy (non-hydrogen) atoms. The minimum Gasteiger partial charge on any atom is -0.497 e. The molecule has 0 radical (unpaired) electrons. The fourth-order valence-electron chi connectivity index (χ4n) is 3.59. The number of halogens is 2. The summed E-state index contributed by atoms with van der Waals surface area (Å²) in [6.07, 6.45) is -0.420. The molecular formula is C23H23F2NO. The van der Waals surface area contributed by atoms with Crippen LogP contribution >= 0.6 is 0 Å². The van der Waals surface area contributed by atoms with Crippen molar-refractivity contribution in [1.29, 1.82) is 0 Å². The van der Waals surface area contributed by atoms with Crippen molar-refractivity contribution in [3.05, 3.63) is 102 Å². The molecule has 0 fully saturated rings. The van der Waals surface area contributed by atoms with E-state index in [0.29, 0.717) is 5.75 Å². The second-order valence-corrected chi connectivity index (χ2v) is 6.60. The van der Waals surface area contributed by atoms with Crippen LogP contribution in [0.15, 0.2) is 84.9 Å². The van der Waals surface area contributed by atoms with Gasteiger partial charge >= 0.3 is 0 Å². The Bertz CT molecular complexity index is 809. The quantitative estimate of drug-likeness (QED) is 0.596. The molecule has 3 aromatic carbocycles. The molecule has 0 aliphatic carbocycles. The lowest BCUT2D eigenvalue weighted by Gasteiger charge is -2.38. The largest absolute Gasteiger partial charge is 0.497 e. The normalized spacial score (nSPS) is 12.0. The van der Waals surface area contributed by atoms with Crippen LogP contribution in [0.25, 0.3) is 0 Å². The third kappa shape index (κ3) is 3.86. The molecule has 2 N–H and O–H groups in total. The Balaban J connectivity index is 2.30. The fourth-order valence-corrected chi connectivity index (χ4v) is 3.59. The predicted octanol–water partition coefficient (Wildman–Crippen LogP) is 5.01. The molecule has 0 aromatic heterocycles. The smallest absolute Gasteiger partial charge is 0.261 e. The zero-order valence-electron chi connectivity index (χ0n) is 15.2. The number of alkyl halides is 2. The van der Waals surface area contributed by atoms with E-state index in [1.165, 1.54) is 0 Å². The fraction of sp³-hybridized carbons (Fsp3) is 0.217. The minimum absolute atomic E-state index is 0.420. The summed E-state index contributed by atoms with van der Waals surface area (Å²) in [6, 6.07) is 26.1. The number of nitrogens with two attached hydrogens (primary N) is 1. The molecule has 140 valence electrons. The summed E-state index contributed by atoms with van der Waals surface area (Å²) in [6.45, 7) is -0.704. The molecule has 0 atom stereocenters. The second kappa shape index (κ2) is 7.89. The van der Waals surface area contributed by atoms with Gasteiger partial charge in [-0.2, -0.15) is 0 Å². The summed E-state index contributed by atoms with van der Waals surface area (Å²) >= 11 is 0. The molecule has 0 aliphatic rings. The van der Waals surface area contributed by atoms with Crippen molar-refractivity contribution in [3.63, 3.8) is 0 Å². The summed E-state index contributed by atoms with van der Waals surface area (Å²) < 4.78 is 34.6. The van der Waals surface area contributed by atoms with Crippen molar-refractivity contribution < 1.29 is 13.5 Å². The Labute approximate surface area is 158 Å². The SMILES string of the molecule is COc1ccc(C(CC(F)(F)CN)(c2ccccc2)c2ccccc2)cc1. The van der Waals surface area contributed by atoms with E-state index < -0.39 is 24.3 Å². The molecule has 0 saturated carbocycles. The van der Waals surface area contributed by atoms with E-state index in [2.05, 4.69) is 0 Å². The number of hydrogen-bond acceptors (Lipinski definition) is 2. The highest BCUT2D eigenvalue weighted by molar-refractivity contribution is 5.51. The van der Waals surface area contributed by atoms with Crippen molar-refractivity contribution >= 4 is 0 Å². The molecule has 0 saturated heterocycles. The van der Waals surface area contributed by atoms with Gasteiger partial charge in [-0.25, -0.2) is 8.78 Å². The van der Waals surface area contributed by atoms with Gasteiger partial charge in [0.2, 0.25) is 0 Å². The molecule has 0 spiro atoms. The van der Waals surface area contributed by atoms with E-state index in [1.54, 1.807) is 19.2 Å². The zero-order valence-corrected chi connectivity index (χ0v) is 15.2. The zero-order chi connectivity index (χ0) is 19.3. The number of benzene rings is 3. The summed E-state index contributed by atoms with van der Waals surface area (Å²) in [5.74, 6) is -2.34. The van der Waals surface area contributed by atoms with Gasteiger partial charge in [-0.05, 0) is 28.8 Å². The van der Waals surface area contributed by atoms with Gasteiger partial charge in [-0.3, -0.25) is 0 Å². The maximum Gasteiger partial charge on any atom is 0.261 e. The molecule has 3 rings (SSSR count). The van der Waals surface area contributed by atoms with Crippen LogP contribution in [-0.4, -0.2) is 19.6 Å². The van der Waals surface area contributed by atoms with Crippen LogP contribution in [0, 0.1) is 0 Å². The summed E-state index contributed by atoms with van der Waals surface area (Å²) in [7, 11) is 1.58. The lowest BCUT2D eigenvalue weighted by molar-refractivity contribution is -0.0104. The molecule has 0 aliphatic heterocycles. The van der Waals surface area contributed by atoms with Crippen LogP contribution in [0.2, 0.25) is 0 Å². The van der Waals surface area contributed by atoms with E-state index in [9.17, 15) is 8.78 Å². The molecule has 0 unspecified atom stereocenters. The average molecular weight is 367 g/mol. The highest BCUT2D eigenvalue weighted by Crippen LogP contribution is 2.46. The van der Waals surface area contributed by atoms with Gasteiger partial charge in [0.25, 0.3) is 5.92 Å². The number of methoxy groups -OCH3 is 1. The van der Waals surface area contributed by atoms with Crippen LogP contribution in [0.3, 0.4) is 0 Å². The molecule has 0 heterocycles. The lowest BCUT2D eigenvalue weighted by Crippen LogP contribution is -2.40. The molecule has 2 nitrogen and oxygen atoms in total. The number of rotatable bonds is 7. The minimum atomic E-state index is -3.02. The molecule has 0 bridgehead atoms. The van der Waals surface area contributed by atoms with Gasteiger partial charge in [0, 0.05) is 6.42 Å². The van der Waals surface area contributed by atoms with Crippen molar-refractivity contribution in [1.82, 2.24) is 0 Å². The molecule has 3 aromatic rings. The van der Waals surface area contributed by atoms with E-state index >= 15 is 0 Å². The van der Waals surface area contributed by atoms with Crippen molar-refractivity contribution in [2.45, 2.75) is 17.8 Å². The Morgan fingerprint density at radius 1 is 0.741 bits per heavy atom. The highest BCUT2D eigenvalue weighted by atomic mass is 19.3. The van der Waals surface area contributed by atoms with E-state index in [4.69, 9.17) is 10.5 Å². The summed E-state index contributed by atoms with van der Waals surface area (Å²) in [5, 5.41) is 0. The standard InChI is InChI=1S/C23H23F2NO/c1-27-21-14-12-20(13-15-21)23(16-22(24,25)17-26,18-8-4-2-5-9-18)19-10-6-3-7-11-19/h2-15H,16-17,26H2,1H3. The third-order valence-corrected chi connectivity index (χ3v) is 4.94. The summed E-state index contributed by atoms with van der Waals surface area (Å²) in [4.78, 5) is 0. The van der Waals surface area contributed by atoms with Crippen LogP contribution in [0.4, 0.5) is 8.78 Å². The molecule has 4 heteroatoms. The maximum atomic E-state index is 14.7. The van der Waals surface area contributed by atoms with Crippen LogP contribution < -0.4 is 10.5 Å². The first-order chi connectivity index (χ1) is 13.0.